The molecule has 13 heavy (non-hydrogen) atoms. The normalized spacial score (nSPS) is 25.7. The third-order valence-electron chi connectivity index (χ3n) is 2.52. The predicted octanol–water partition coefficient (Wildman–Crippen LogP) is 2.92. The fourth-order valence-electron chi connectivity index (χ4n) is 1.64. The van der Waals surface area contributed by atoms with E-state index in [-0.39, 0.29) is 11.5 Å². The molecule has 1 aliphatic rings. The van der Waals surface area contributed by atoms with Gasteiger partial charge in [0.1, 0.15) is 0 Å². The minimum atomic E-state index is -0.244. The smallest absolute Gasteiger partial charge is 0.0653 e. The van der Waals surface area contributed by atoms with E-state index in [2.05, 4.69) is 45.1 Å². The third-order valence-corrected chi connectivity index (χ3v) is 2.52. The van der Waals surface area contributed by atoms with Gasteiger partial charge in [-0.3, -0.25) is 0 Å². The van der Waals surface area contributed by atoms with E-state index in [1.165, 1.54) is 0 Å². The monoisotopic (exact) mass is 180 g/mol. The van der Waals surface area contributed by atoms with E-state index in [1.807, 2.05) is 0 Å². The van der Waals surface area contributed by atoms with E-state index >= 15 is 0 Å². The van der Waals surface area contributed by atoms with Crippen molar-refractivity contribution in [2.75, 3.05) is 0 Å². The number of hydrogen-bond acceptors (Lipinski definition) is 1. The van der Waals surface area contributed by atoms with Gasteiger partial charge >= 0.3 is 0 Å². The van der Waals surface area contributed by atoms with Gasteiger partial charge in [0.2, 0.25) is 0 Å². The summed E-state index contributed by atoms with van der Waals surface area (Å²) >= 11 is 0. The van der Waals surface area contributed by atoms with Crippen LogP contribution in [0.2, 0.25) is 0 Å². The van der Waals surface area contributed by atoms with Crippen LogP contribution in [-0.2, 0) is 0 Å². The lowest BCUT2D eigenvalue weighted by molar-refractivity contribution is 0.0290. The molecule has 0 spiro atoms. The summed E-state index contributed by atoms with van der Waals surface area (Å²) in [6.07, 6.45) is 10.3. The van der Waals surface area contributed by atoms with Crippen LogP contribution in [0.4, 0.5) is 0 Å². The van der Waals surface area contributed by atoms with Gasteiger partial charge in [0, 0.05) is 5.92 Å². The molecule has 2 unspecified atom stereocenters. The van der Waals surface area contributed by atoms with Gasteiger partial charge in [0.15, 0.2) is 0 Å². The summed E-state index contributed by atoms with van der Waals surface area (Å²) in [6, 6.07) is 0. The van der Waals surface area contributed by atoms with Crippen LogP contribution in [0.1, 0.15) is 33.6 Å². The van der Waals surface area contributed by atoms with Crippen LogP contribution in [0.3, 0.4) is 0 Å². The van der Waals surface area contributed by atoms with Crippen molar-refractivity contribution in [2.45, 2.75) is 39.7 Å². The molecule has 0 bridgehead atoms. The lowest BCUT2D eigenvalue weighted by Crippen LogP contribution is -2.32. The largest absolute Gasteiger partial charge is 0.392 e. The van der Waals surface area contributed by atoms with Crippen molar-refractivity contribution >= 4 is 0 Å². The van der Waals surface area contributed by atoms with Crippen LogP contribution < -0.4 is 0 Å². The molecule has 0 saturated carbocycles. The molecule has 74 valence electrons. The molecule has 2 atom stereocenters. The van der Waals surface area contributed by atoms with E-state index in [1.54, 1.807) is 0 Å². The minimum Gasteiger partial charge on any atom is -0.392 e. The zero-order chi connectivity index (χ0) is 9.90. The van der Waals surface area contributed by atoms with Crippen LogP contribution in [-0.4, -0.2) is 11.2 Å². The average molecular weight is 180 g/mol. The second kappa shape index (κ2) is 4.10. The molecule has 1 N–H and O–H groups in total. The highest BCUT2D eigenvalue weighted by Gasteiger charge is 2.28. The topological polar surface area (TPSA) is 20.2 Å². The minimum absolute atomic E-state index is 0.0206. The van der Waals surface area contributed by atoms with Gasteiger partial charge < -0.3 is 5.11 Å². The van der Waals surface area contributed by atoms with E-state index in [4.69, 9.17) is 0 Å². The first-order valence-electron chi connectivity index (χ1n) is 5.01. The zero-order valence-corrected chi connectivity index (χ0v) is 8.83. The number of aliphatic hydroxyl groups excluding tert-OH is 1. The first-order chi connectivity index (χ1) is 6.02. The van der Waals surface area contributed by atoms with Crippen molar-refractivity contribution in [2.24, 2.45) is 11.3 Å². The van der Waals surface area contributed by atoms with Gasteiger partial charge in [-0.2, -0.15) is 0 Å². The Bertz CT molecular complexity index is 208. The molecule has 0 aromatic carbocycles. The van der Waals surface area contributed by atoms with Crippen molar-refractivity contribution in [1.29, 1.82) is 0 Å². The number of allylic oxidation sites excluding steroid dienone is 3. The van der Waals surface area contributed by atoms with Crippen LogP contribution in [0.15, 0.2) is 24.3 Å². The first-order valence-corrected chi connectivity index (χ1v) is 5.01. The van der Waals surface area contributed by atoms with Crippen molar-refractivity contribution in [3.63, 3.8) is 0 Å². The molecule has 0 aliphatic heterocycles. The summed E-state index contributed by atoms with van der Waals surface area (Å²) in [4.78, 5) is 0. The third kappa shape index (κ3) is 3.00. The van der Waals surface area contributed by atoms with Crippen LogP contribution >= 0.6 is 0 Å². The Morgan fingerprint density at radius 3 is 2.54 bits per heavy atom. The maximum Gasteiger partial charge on any atom is 0.0653 e. The number of rotatable bonds is 1. The zero-order valence-electron chi connectivity index (χ0n) is 8.83. The van der Waals surface area contributed by atoms with Gasteiger partial charge in [-0.25, -0.2) is 0 Å². The van der Waals surface area contributed by atoms with Gasteiger partial charge in [-0.15, -0.1) is 0 Å². The lowest BCUT2D eigenvalue weighted by Gasteiger charge is -2.30. The molecule has 1 heteroatoms. The summed E-state index contributed by atoms with van der Waals surface area (Å²) in [5.74, 6) is 0.291. The summed E-state index contributed by atoms with van der Waals surface area (Å²) in [6.45, 7) is 6.25. The van der Waals surface area contributed by atoms with Crippen LogP contribution in [0.5, 0.6) is 0 Å². The fraction of sp³-hybridized carbons (Fsp3) is 0.667. The molecular weight excluding hydrogens is 160 g/mol. The summed E-state index contributed by atoms with van der Waals surface area (Å²) in [7, 11) is 0. The second-order valence-corrected chi connectivity index (χ2v) is 4.85. The summed E-state index contributed by atoms with van der Waals surface area (Å²) < 4.78 is 0. The van der Waals surface area contributed by atoms with Crippen molar-refractivity contribution in [3.8, 4) is 0 Å². The van der Waals surface area contributed by atoms with E-state index in [0.29, 0.717) is 5.92 Å². The molecule has 0 aromatic heterocycles. The average Bonchev–Trinajstić information content (AvgIpc) is 2.28. The molecule has 0 heterocycles. The molecule has 1 nitrogen and oxygen atoms in total. The Kier molecular flexibility index (Phi) is 3.32. The molecule has 1 rings (SSSR count). The fourth-order valence-corrected chi connectivity index (χ4v) is 1.64. The van der Waals surface area contributed by atoms with Crippen LogP contribution in [0, 0.1) is 11.3 Å². The maximum atomic E-state index is 10.1. The first kappa shape index (κ1) is 10.5. The van der Waals surface area contributed by atoms with Gasteiger partial charge in [0.05, 0.1) is 6.10 Å². The highest BCUT2D eigenvalue weighted by molar-refractivity contribution is 5.05. The molecule has 0 radical (unpaired) electrons. The SMILES string of the molecule is CC(C)(C)C(O)C1C=CCC=CC1. The standard InChI is InChI=1S/C12H20O/c1-12(2,3)11(13)10-8-6-4-5-7-9-10/h4,6-7,9-11,13H,5,8H2,1-3H3. The Hall–Kier alpha value is -0.560. The van der Waals surface area contributed by atoms with E-state index in [0.717, 1.165) is 12.8 Å². The number of hydrogen-bond donors (Lipinski definition) is 1. The molecule has 1 aliphatic carbocycles. The quantitative estimate of drug-likeness (QED) is 0.615. The molecule has 0 aromatic rings. The summed E-state index contributed by atoms with van der Waals surface area (Å²) in [5.41, 5.74) is -0.0206. The molecule has 0 amide bonds. The van der Waals surface area contributed by atoms with Crippen molar-refractivity contribution in [3.05, 3.63) is 24.3 Å². The second-order valence-electron chi connectivity index (χ2n) is 4.85. The Labute approximate surface area is 81.2 Å². The Morgan fingerprint density at radius 1 is 1.23 bits per heavy atom. The molecule has 0 saturated heterocycles. The predicted molar refractivity (Wildman–Crippen MR) is 56.5 cm³/mol. The highest BCUT2D eigenvalue weighted by atomic mass is 16.3. The van der Waals surface area contributed by atoms with Gasteiger partial charge in [0.25, 0.3) is 0 Å². The maximum absolute atomic E-state index is 10.1. The lowest BCUT2D eigenvalue weighted by atomic mass is 9.80. The Morgan fingerprint density at radius 2 is 1.92 bits per heavy atom. The summed E-state index contributed by atoms with van der Waals surface area (Å²) in [5, 5.41) is 10.1. The highest BCUT2D eigenvalue weighted by Crippen LogP contribution is 2.29. The molecule has 0 fully saturated rings. The van der Waals surface area contributed by atoms with Gasteiger partial charge in [-0.1, -0.05) is 45.1 Å². The van der Waals surface area contributed by atoms with Crippen molar-refractivity contribution in [1.82, 2.24) is 0 Å². The van der Waals surface area contributed by atoms with E-state index in [9.17, 15) is 5.11 Å². The van der Waals surface area contributed by atoms with Crippen LogP contribution in [0.25, 0.3) is 0 Å². The van der Waals surface area contributed by atoms with Crippen molar-refractivity contribution < 1.29 is 5.11 Å². The Balaban J connectivity index is 2.65. The molecular formula is C12H20O. The van der Waals surface area contributed by atoms with Gasteiger partial charge in [-0.05, 0) is 18.3 Å². The van der Waals surface area contributed by atoms with E-state index < -0.39 is 0 Å². The number of aliphatic hydroxyl groups is 1.